The number of furan rings is 1. The third-order valence-corrected chi connectivity index (χ3v) is 4.73. The van der Waals surface area contributed by atoms with E-state index in [1.807, 2.05) is 18.2 Å². The highest BCUT2D eigenvalue weighted by Crippen LogP contribution is 2.32. The molecule has 2 heterocycles. The van der Waals surface area contributed by atoms with Gasteiger partial charge in [0.15, 0.2) is 0 Å². The fourth-order valence-corrected chi connectivity index (χ4v) is 3.43. The van der Waals surface area contributed by atoms with Crippen molar-refractivity contribution in [1.82, 2.24) is 4.90 Å². The lowest BCUT2D eigenvalue weighted by Crippen LogP contribution is -2.24. The van der Waals surface area contributed by atoms with Crippen LogP contribution in [0.1, 0.15) is 31.6 Å². The number of fused-ring (bicyclic) bond motifs is 1. The van der Waals surface area contributed by atoms with Crippen molar-refractivity contribution in [1.29, 1.82) is 0 Å². The van der Waals surface area contributed by atoms with Crippen LogP contribution in [-0.2, 0) is 4.79 Å². The minimum atomic E-state index is -0.705. The lowest BCUT2D eigenvalue weighted by Gasteiger charge is -2.22. The maximum Gasteiger partial charge on any atom is 0.303 e. The zero-order chi connectivity index (χ0) is 15.0. The van der Waals surface area contributed by atoms with E-state index in [-0.39, 0.29) is 18.4 Å². The second-order valence-electron chi connectivity index (χ2n) is 5.75. The van der Waals surface area contributed by atoms with E-state index in [1.54, 1.807) is 0 Å². The molecule has 0 amide bonds. The number of carbonyl (C=O) groups is 1. The van der Waals surface area contributed by atoms with Gasteiger partial charge in [-0.1, -0.05) is 15.9 Å². The van der Waals surface area contributed by atoms with E-state index in [0.29, 0.717) is 0 Å². The van der Waals surface area contributed by atoms with Gasteiger partial charge in [0, 0.05) is 22.8 Å². The van der Waals surface area contributed by atoms with Crippen LogP contribution in [0.5, 0.6) is 0 Å². The SMILES string of the molecule is CC(c1cc2cc(Br)ccc2o1)N1CCC(CC(=O)O)C1. The Kier molecular flexibility index (Phi) is 4.04. The molecule has 0 aliphatic carbocycles. The van der Waals surface area contributed by atoms with Crippen molar-refractivity contribution in [3.63, 3.8) is 0 Å². The summed E-state index contributed by atoms with van der Waals surface area (Å²) < 4.78 is 6.97. The summed E-state index contributed by atoms with van der Waals surface area (Å²) in [7, 11) is 0. The molecule has 0 spiro atoms. The molecule has 21 heavy (non-hydrogen) atoms. The Bertz CT molecular complexity index is 667. The van der Waals surface area contributed by atoms with Crippen LogP contribution >= 0.6 is 15.9 Å². The van der Waals surface area contributed by atoms with Crippen molar-refractivity contribution in [2.45, 2.75) is 25.8 Å². The smallest absolute Gasteiger partial charge is 0.303 e. The van der Waals surface area contributed by atoms with Gasteiger partial charge in [0.2, 0.25) is 0 Å². The Morgan fingerprint density at radius 3 is 3.10 bits per heavy atom. The molecule has 1 N–H and O–H groups in total. The first-order valence-corrected chi connectivity index (χ1v) is 7.97. The zero-order valence-corrected chi connectivity index (χ0v) is 13.5. The second kappa shape index (κ2) is 5.81. The molecule has 5 heteroatoms. The van der Waals surface area contributed by atoms with E-state index >= 15 is 0 Å². The molecule has 112 valence electrons. The number of hydrogen-bond acceptors (Lipinski definition) is 3. The largest absolute Gasteiger partial charge is 0.481 e. The van der Waals surface area contributed by atoms with Crippen LogP contribution in [0.4, 0.5) is 0 Å². The first-order valence-electron chi connectivity index (χ1n) is 7.18. The van der Waals surface area contributed by atoms with Gasteiger partial charge in [0.25, 0.3) is 0 Å². The Labute approximate surface area is 131 Å². The molecule has 0 bridgehead atoms. The fourth-order valence-electron chi connectivity index (χ4n) is 3.05. The normalized spacial score (nSPS) is 21.0. The third-order valence-electron chi connectivity index (χ3n) is 4.24. The Morgan fingerprint density at radius 2 is 2.33 bits per heavy atom. The maximum atomic E-state index is 10.8. The number of nitrogens with zero attached hydrogens (tertiary/aromatic N) is 1. The number of hydrogen-bond donors (Lipinski definition) is 1. The Hall–Kier alpha value is -1.33. The molecule has 4 nitrogen and oxygen atoms in total. The summed E-state index contributed by atoms with van der Waals surface area (Å²) in [6.45, 7) is 3.88. The first-order chi connectivity index (χ1) is 10.0. The molecular formula is C16H18BrNO3. The highest BCUT2D eigenvalue weighted by atomic mass is 79.9. The van der Waals surface area contributed by atoms with Crippen LogP contribution in [0.15, 0.2) is 33.2 Å². The predicted octanol–water partition coefficient (Wildman–Crippen LogP) is 4.05. The minimum absolute atomic E-state index is 0.176. The maximum absolute atomic E-state index is 10.8. The summed E-state index contributed by atoms with van der Waals surface area (Å²) in [6, 6.07) is 8.24. The van der Waals surface area contributed by atoms with Gasteiger partial charge in [-0.3, -0.25) is 9.69 Å². The molecule has 2 aromatic rings. The van der Waals surface area contributed by atoms with Gasteiger partial charge in [0.1, 0.15) is 11.3 Å². The number of benzene rings is 1. The van der Waals surface area contributed by atoms with Gasteiger partial charge in [-0.25, -0.2) is 0 Å². The average molecular weight is 352 g/mol. The van der Waals surface area contributed by atoms with E-state index in [4.69, 9.17) is 9.52 Å². The summed E-state index contributed by atoms with van der Waals surface area (Å²) in [5, 5.41) is 9.99. The number of carboxylic acid groups (broad SMARTS) is 1. The van der Waals surface area contributed by atoms with Gasteiger partial charge >= 0.3 is 5.97 Å². The summed E-state index contributed by atoms with van der Waals surface area (Å²) in [4.78, 5) is 13.1. The van der Waals surface area contributed by atoms with Crippen LogP contribution < -0.4 is 0 Å². The van der Waals surface area contributed by atoms with Crippen LogP contribution in [-0.4, -0.2) is 29.1 Å². The minimum Gasteiger partial charge on any atom is -0.481 e. The molecule has 2 atom stereocenters. The van der Waals surface area contributed by atoms with Crippen LogP contribution in [0.2, 0.25) is 0 Å². The number of halogens is 1. The third kappa shape index (κ3) is 3.14. The number of carboxylic acids is 1. The molecule has 2 unspecified atom stereocenters. The number of likely N-dealkylation sites (tertiary alicyclic amines) is 1. The van der Waals surface area contributed by atoms with Crippen molar-refractivity contribution in [2.75, 3.05) is 13.1 Å². The lowest BCUT2D eigenvalue weighted by atomic mass is 10.1. The van der Waals surface area contributed by atoms with Crippen LogP contribution in [0.25, 0.3) is 11.0 Å². The van der Waals surface area contributed by atoms with Crippen molar-refractivity contribution in [3.05, 3.63) is 34.5 Å². The first kappa shape index (κ1) is 14.6. The molecule has 1 aliphatic rings. The topological polar surface area (TPSA) is 53.7 Å². The van der Waals surface area contributed by atoms with Gasteiger partial charge < -0.3 is 9.52 Å². The zero-order valence-electron chi connectivity index (χ0n) is 11.9. The summed E-state index contributed by atoms with van der Waals surface area (Å²) in [6.07, 6.45) is 1.21. The predicted molar refractivity (Wildman–Crippen MR) is 84.3 cm³/mol. The molecule has 1 aromatic carbocycles. The van der Waals surface area contributed by atoms with Crippen LogP contribution in [0.3, 0.4) is 0 Å². The van der Waals surface area contributed by atoms with E-state index < -0.39 is 5.97 Å². The highest BCUT2D eigenvalue weighted by Gasteiger charge is 2.29. The Morgan fingerprint density at radius 1 is 1.52 bits per heavy atom. The van der Waals surface area contributed by atoms with Gasteiger partial charge in [-0.15, -0.1) is 0 Å². The molecular weight excluding hydrogens is 334 g/mol. The van der Waals surface area contributed by atoms with E-state index in [1.165, 1.54) is 0 Å². The van der Waals surface area contributed by atoms with Crippen molar-refractivity contribution in [2.24, 2.45) is 5.92 Å². The summed E-state index contributed by atoms with van der Waals surface area (Å²) in [5.41, 5.74) is 0.890. The standard InChI is InChI=1S/C16H18BrNO3/c1-10(18-5-4-11(9-18)6-16(19)20)15-8-12-7-13(17)2-3-14(12)21-15/h2-3,7-8,10-11H,4-6,9H2,1H3,(H,19,20). The summed E-state index contributed by atoms with van der Waals surface area (Å²) >= 11 is 3.47. The van der Waals surface area contributed by atoms with E-state index in [2.05, 4.69) is 33.8 Å². The number of rotatable bonds is 4. The molecule has 1 fully saturated rings. The fraction of sp³-hybridized carbons (Fsp3) is 0.438. The lowest BCUT2D eigenvalue weighted by molar-refractivity contribution is -0.138. The van der Waals surface area contributed by atoms with E-state index in [0.717, 1.165) is 40.7 Å². The second-order valence-corrected chi connectivity index (χ2v) is 6.67. The molecule has 1 aliphatic heterocycles. The average Bonchev–Trinajstić information content (AvgIpc) is 3.03. The van der Waals surface area contributed by atoms with Gasteiger partial charge in [0.05, 0.1) is 6.04 Å². The summed E-state index contributed by atoms with van der Waals surface area (Å²) in [5.74, 6) is 0.491. The molecule has 0 radical (unpaired) electrons. The Balaban J connectivity index is 1.75. The highest BCUT2D eigenvalue weighted by molar-refractivity contribution is 9.10. The van der Waals surface area contributed by atoms with Crippen LogP contribution in [0, 0.1) is 5.92 Å². The van der Waals surface area contributed by atoms with Crippen molar-refractivity contribution >= 4 is 32.9 Å². The quantitative estimate of drug-likeness (QED) is 0.902. The monoisotopic (exact) mass is 351 g/mol. The van der Waals surface area contributed by atoms with Crippen molar-refractivity contribution < 1.29 is 14.3 Å². The number of aliphatic carboxylic acids is 1. The van der Waals surface area contributed by atoms with Gasteiger partial charge in [-0.05, 0) is 50.1 Å². The molecule has 1 saturated heterocycles. The van der Waals surface area contributed by atoms with Crippen molar-refractivity contribution in [3.8, 4) is 0 Å². The molecule has 1 aromatic heterocycles. The van der Waals surface area contributed by atoms with E-state index in [9.17, 15) is 4.79 Å². The molecule has 0 saturated carbocycles. The molecule has 3 rings (SSSR count). The van der Waals surface area contributed by atoms with Gasteiger partial charge in [-0.2, -0.15) is 0 Å².